The van der Waals surface area contributed by atoms with Crippen LogP contribution in [0, 0.1) is 13.8 Å². The van der Waals surface area contributed by atoms with Gasteiger partial charge < -0.3 is 4.90 Å². The maximum absolute atomic E-state index is 4.67. The molecule has 0 aliphatic carbocycles. The van der Waals surface area contributed by atoms with Gasteiger partial charge in [0.15, 0.2) is 0 Å². The molecule has 2 aromatic heterocycles. The summed E-state index contributed by atoms with van der Waals surface area (Å²) in [6, 6.07) is 6.32. The molecule has 0 unspecified atom stereocenters. The summed E-state index contributed by atoms with van der Waals surface area (Å²) >= 11 is 0. The maximum atomic E-state index is 4.67. The Balaban J connectivity index is 1.60. The molecule has 0 spiro atoms. The van der Waals surface area contributed by atoms with Crippen LogP contribution in [0.5, 0.6) is 0 Å². The Kier molecular flexibility index (Phi) is 4.34. The second-order valence-electron chi connectivity index (χ2n) is 7.04. The summed E-state index contributed by atoms with van der Waals surface area (Å²) in [6.07, 6.45) is 1.89. The van der Waals surface area contributed by atoms with Crippen LogP contribution in [0.3, 0.4) is 0 Å². The summed E-state index contributed by atoms with van der Waals surface area (Å²) in [7, 11) is 4.12. The summed E-state index contributed by atoms with van der Waals surface area (Å²) in [5.41, 5.74) is 8.83. The summed E-state index contributed by atoms with van der Waals surface area (Å²) in [5, 5.41) is 7.73. The van der Waals surface area contributed by atoms with Gasteiger partial charge in [0.05, 0.1) is 11.2 Å². The largest absolute Gasteiger partial charge is 0.304 e. The number of hydrogen-bond donors (Lipinski definition) is 1. The minimum Gasteiger partial charge on any atom is -0.304 e. The van der Waals surface area contributed by atoms with Crippen LogP contribution in [-0.2, 0) is 7.05 Å². The fraction of sp³-hybridized carbons (Fsp3) is 0.421. The van der Waals surface area contributed by atoms with Gasteiger partial charge in [-0.3, -0.25) is 10.1 Å². The van der Waals surface area contributed by atoms with E-state index < -0.39 is 0 Å². The van der Waals surface area contributed by atoms with Gasteiger partial charge >= 0.3 is 0 Å². The zero-order chi connectivity index (χ0) is 18.3. The number of anilines is 1. The first-order chi connectivity index (χ1) is 12.5. The number of piperazine rings is 1. The molecular weight excluding hydrogens is 326 g/mol. The fourth-order valence-corrected chi connectivity index (χ4v) is 3.49. The van der Waals surface area contributed by atoms with Crippen LogP contribution in [-0.4, -0.2) is 62.9 Å². The molecule has 4 rings (SSSR count). The van der Waals surface area contributed by atoms with Crippen LogP contribution in [0.15, 0.2) is 24.4 Å². The topological polar surface area (TPSA) is 62.1 Å². The van der Waals surface area contributed by atoms with E-state index in [1.807, 2.05) is 24.9 Å². The van der Waals surface area contributed by atoms with Gasteiger partial charge in [0.2, 0.25) is 5.95 Å². The predicted octanol–water partition coefficient (Wildman–Crippen LogP) is 2.22. The smallest absolute Gasteiger partial charge is 0.238 e. The number of nitrogens with one attached hydrogen (secondary N) is 1. The number of aryl methyl sites for hydroxylation is 2. The van der Waals surface area contributed by atoms with Crippen molar-refractivity contribution in [3.8, 4) is 11.1 Å². The highest BCUT2D eigenvalue weighted by molar-refractivity contribution is 5.85. The minimum absolute atomic E-state index is 0.656. The van der Waals surface area contributed by atoms with Gasteiger partial charge in [-0.2, -0.15) is 5.10 Å². The van der Waals surface area contributed by atoms with Gasteiger partial charge in [0, 0.05) is 56.1 Å². The monoisotopic (exact) mass is 351 g/mol. The van der Waals surface area contributed by atoms with E-state index in [-0.39, 0.29) is 0 Å². The molecule has 0 saturated carbocycles. The van der Waals surface area contributed by atoms with Gasteiger partial charge in [-0.1, -0.05) is 6.07 Å². The Morgan fingerprint density at radius 1 is 1.04 bits per heavy atom. The number of rotatable bonds is 3. The van der Waals surface area contributed by atoms with E-state index in [9.17, 15) is 0 Å². The van der Waals surface area contributed by atoms with Crippen LogP contribution in [0.25, 0.3) is 22.0 Å². The van der Waals surface area contributed by atoms with E-state index in [1.165, 1.54) is 5.56 Å². The first-order valence-electron chi connectivity index (χ1n) is 8.99. The Labute approximate surface area is 153 Å². The molecule has 3 aromatic rings. The van der Waals surface area contributed by atoms with Crippen LogP contribution >= 0.6 is 0 Å². The Hall–Kier alpha value is -2.51. The molecule has 0 amide bonds. The number of fused-ring (bicyclic) bond motifs is 1. The molecule has 0 bridgehead atoms. The van der Waals surface area contributed by atoms with Crippen LogP contribution < -0.4 is 5.43 Å². The third kappa shape index (κ3) is 3.15. The molecule has 7 heteroatoms. The number of aromatic nitrogens is 4. The molecule has 1 fully saturated rings. The summed E-state index contributed by atoms with van der Waals surface area (Å²) in [6.45, 7) is 8.18. The highest BCUT2D eigenvalue weighted by Crippen LogP contribution is 2.29. The molecule has 1 aliphatic heterocycles. The lowest BCUT2D eigenvalue weighted by Crippen LogP contribution is -2.47. The molecule has 1 aromatic carbocycles. The molecule has 136 valence electrons. The summed E-state index contributed by atoms with van der Waals surface area (Å²) in [5.74, 6) is 0.656. The molecule has 1 N–H and O–H groups in total. The van der Waals surface area contributed by atoms with Crippen molar-refractivity contribution >= 4 is 16.9 Å². The minimum atomic E-state index is 0.656. The van der Waals surface area contributed by atoms with Crippen molar-refractivity contribution in [3.63, 3.8) is 0 Å². The standard InChI is InChI=1S/C19H25N7/c1-13-18(14(2)25(4)22-13)15-5-6-17-16(11-15)12-20-19(21-17)23-26-9-7-24(3)8-10-26/h5-6,11-12H,7-10H2,1-4H3,(H,20,21,23). The Morgan fingerprint density at radius 2 is 1.81 bits per heavy atom. The van der Waals surface area contributed by atoms with E-state index in [0.717, 1.165) is 54.0 Å². The van der Waals surface area contributed by atoms with Gasteiger partial charge in [-0.15, -0.1) is 0 Å². The number of hydrazine groups is 1. The van der Waals surface area contributed by atoms with E-state index >= 15 is 0 Å². The lowest BCUT2D eigenvalue weighted by Gasteiger charge is -2.32. The number of likely N-dealkylation sites (N-methyl/N-ethyl adjacent to an activating group) is 1. The van der Waals surface area contributed by atoms with Crippen LogP contribution in [0.1, 0.15) is 11.4 Å². The Bertz CT molecular complexity index is 938. The lowest BCUT2D eigenvalue weighted by atomic mass is 10.0. The van der Waals surface area contributed by atoms with E-state index in [4.69, 9.17) is 0 Å². The summed E-state index contributed by atoms with van der Waals surface area (Å²) < 4.78 is 1.93. The maximum Gasteiger partial charge on any atom is 0.238 e. The highest BCUT2D eigenvalue weighted by Gasteiger charge is 2.15. The van der Waals surface area contributed by atoms with Crippen LogP contribution in [0.4, 0.5) is 5.95 Å². The third-order valence-corrected chi connectivity index (χ3v) is 5.14. The van der Waals surface area contributed by atoms with Gasteiger partial charge in [-0.05, 0) is 38.6 Å². The molecule has 3 heterocycles. The van der Waals surface area contributed by atoms with Crippen molar-refractivity contribution in [3.05, 3.63) is 35.8 Å². The van der Waals surface area contributed by atoms with E-state index in [0.29, 0.717) is 5.95 Å². The fourth-order valence-electron chi connectivity index (χ4n) is 3.49. The quantitative estimate of drug-likeness (QED) is 0.781. The lowest BCUT2D eigenvalue weighted by molar-refractivity contribution is 0.178. The van der Waals surface area contributed by atoms with E-state index in [2.05, 4.69) is 62.6 Å². The van der Waals surface area contributed by atoms with Crippen molar-refractivity contribution in [2.45, 2.75) is 13.8 Å². The molecule has 1 saturated heterocycles. The van der Waals surface area contributed by atoms with Crippen molar-refractivity contribution in [2.24, 2.45) is 7.05 Å². The Morgan fingerprint density at radius 3 is 2.50 bits per heavy atom. The number of nitrogens with zero attached hydrogens (tertiary/aromatic N) is 6. The van der Waals surface area contributed by atoms with Gasteiger partial charge in [0.25, 0.3) is 0 Å². The number of hydrogen-bond acceptors (Lipinski definition) is 6. The predicted molar refractivity (Wildman–Crippen MR) is 104 cm³/mol. The van der Waals surface area contributed by atoms with Crippen LogP contribution in [0.2, 0.25) is 0 Å². The third-order valence-electron chi connectivity index (χ3n) is 5.14. The molecule has 0 atom stereocenters. The molecule has 0 radical (unpaired) electrons. The zero-order valence-corrected chi connectivity index (χ0v) is 15.8. The number of benzene rings is 1. The normalized spacial score (nSPS) is 16.3. The SMILES string of the molecule is Cc1nn(C)c(C)c1-c1ccc2nc(NN3CCN(C)CC3)ncc2c1. The molecule has 1 aliphatic rings. The zero-order valence-electron chi connectivity index (χ0n) is 15.8. The van der Waals surface area contributed by atoms with Crippen molar-refractivity contribution in [2.75, 3.05) is 38.7 Å². The average molecular weight is 351 g/mol. The highest BCUT2D eigenvalue weighted by atomic mass is 15.5. The summed E-state index contributed by atoms with van der Waals surface area (Å²) in [4.78, 5) is 11.5. The molecular formula is C19H25N7. The average Bonchev–Trinajstić information content (AvgIpc) is 2.89. The molecule has 7 nitrogen and oxygen atoms in total. The van der Waals surface area contributed by atoms with Crippen molar-refractivity contribution in [1.29, 1.82) is 0 Å². The molecule has 26 heavy (non-hydrogen) atoms. The van der Waals surface area contributed by atoms with Gasteiger partial charge in [-0.25, -0.2) is 15.0 Å². The first kappa shape index (κ1) is 16.9. The second-order valence-corrected chi connectivity index (χ2v) is 7.04. The first-order valence-corrected chi connectivity index (χ1v) is 8.99. The second kappa shape index (κ2) is 6.66. The van der Waals surface area contributed by atoms with Crippen molar-refractivity contribution < 1.29 is 0 Å². The van der Waals surface area contributed by atoms with Crippen molar-refractivity contribution in [1.82, 2.24) is 29.7 Å². The van der Waals surface area contributed by atoms with E-state index in [1.54, 1.807) is 0 Å². The van der Waals surface area contributed by atoms with Gasteiger partial charge in [0.1, 0.15) is 0 Å².